The summed E-state index contributed by atoms with van der Waals surface area (Å²) in [4.78, 5) is 12.1. The van der Waals surface area contributed by atoms with Gasteiger partial charge in [0.25, 0.3) is 5.91 Å². The van der Waals surface area contributed by atoms with E-state index < -0.39 is 35.0 Å². The first kappa shape index (κ1) is 19.5. The Hall–Kier alpha value is -3.24. The van der Waals surface area contributed by atoms with E-state index in [1.54, 1.807) is 12.1 Å². The zero-order chi connectivity index (χ0) is 20.5. The summed E-state index contributed by atoms with van der Waals surface area (Å²) in [6.07, 6.45) is -8.69. The number of halogens is 6. The summed E-state index contributed by atoms with van der Waals surface area (Å²) in [5, 5.41) is 5.85. The molecule has 0 aliphatic rings. The Kier molecular flexibility index (Phi) is 4.92. The molecule has 3 aromatic rings. The molecule has 11 heteroatoms. The molecule has 0 spiro atoms. The van der Waals surface area contributed by atoms with E-state index in [9.17, 15) is 31.1 Å². The second-order valence-corrected chi connectivity index (χ2v) is 5.64. The van der Waals surface area contributed by atoms with Gasteiger partial charge in [0, 0.05) is 11.6 Å². The number of amides is 1. The van der Waals surface area contributed by atoms with Crippen molar-refractivity contribution in [2.24, 2.45) is 0 Å². The van der Waals surface area contributed by atoms with Gasteiger partial charge in [-0.3, -0.25) is 4.79 Å². The summed E-state index contributed by atoms with van der Waals surface area (Å²) in [5.41, 5.74) is -3.73. The fraction of sp³-hybridized carbons (Fsp3) is 0.176. The van der Waals surface area contributed by atoms with Crippen LogP contribution in [0.15, 0.2) is 51.6 Å². The largest absolute Gasteiger partial charge is 0.461 e. The van der Waals surface area contributed by atoms with Gasteiger partial charge in [-0.05, 0) is 30.3 Å². The fourth-order valence-electron chi connectivity index (χ4n) is 2.29. The maximum absolute atomic E-state index is 12.9. The first-order valence-electron chi connectivity index (χ1n) is 7.61. The van der Waals surface area contributed by atoms with Crippen molar-refractivity contribution in [3.05, 3.63) is 65.0 Å². The Labute approximate surface area is 152 Å². The van der Waals surface area contributed by atoms with Crippen LogP contribution in [0.25, 0.3) is 11.5 Å². The van der Waals surface area contributed by atoms with Crippen LogP contribution >= 0.6 is 0 Å². The van der Waals surface area contributed by atoms with Gasteiger partial charge in [-0.25, -0.2) is 0 Å². The molecule has 2 heterocycles. The van der Waals surface area contributed by atoms with Crippen LogP contribution in [-0.4, -0.2) is 11.1 Å². The highest BCUT2D eigenvalue weighted by molar-refractivity contribution is 5.94. The summed E-state index contributed by atoms with van der Waals surface area (Å²) >= 11 is 0. The molecule has 0 radical (unpaired) electrons. The van der Waals surface area contributed by atoms with Crippen LogP contribution in [0.2, 0.25) is 0 Å². The number of hydrogen-bond acceptors (Lipinski definition) is 4. The van der Waals surface area contributed by atoms with E-state index in [1.807, 2.05) is 0 Å². The second kappa shape index (κ2) is 7.06. The van der Waals surface area contributed by atoms with E-state index in [2.05, 4.69) is 10.5 Å². The lowest BCUT2D eigenvalue weighted by Gasteiger charge is -2.14. The molecule has 0 aliphatic heterocycles. The van der Waals surface area contributed by atoms with Crippen molar-refractivity contribution < 1.29 is 40.1 Å². The molecule has 0 atom stereocenters. The molecule has 5 nitrogen and oxygen atoms in total. The zero-order valence-electron chi connectivity index (χ0n) is 13.7. The predicted molar refractivity (Wildman–Crippen MR) is 81.8 cm³/mol. The Morgan fingerprint density at radius 3 is 2.14 bits per heavy atom. The van der Waals surface area contributed by atoms with Gasteiger partial charge in [-0.15, -0.1) is 0 Å². The molecule has 0 bridgehead atoms. The molecule has 0 unspecified atom stereocenters. The Morgan fingerprint density at radius 1 is 0.964 bits per heavy atom. The smallest absolute Gasteiger partial charge is 0.416 e. The third-order valence-corrected chi connectivity index (χ3v) is 3.60. The van der Waals surface area contributed by atoms with E-state index in [-0.39, 0.29) is 24.1 Å². The van der Waals surface area contributed by atoms with Crippen molar-refractivity contribution >= 4 is 5.91 Å². The molecule has 1 aromatic carbocycles. The van der Waals surface area contributed by atoms with Crippen molar-refractivity contribution in [2.75, 3.05) is 0 Å². The van der Waals surface area contributed by atoms with Gasteiger partial charge in [-0.1, -0.05) is 5.16 Å². The van der Waals surface area contributed by atoms with E-state index >= 15 is 0 Å². The van der Waals surface area contributed by atoms with Crippen LogP contribution < -0.4 is 5.32 Å². The number of furan rings is 1. The summed E-state index contributed by atoms with van der Waals surface area (Å²) in [5.74, 6) is -0.524. The van der Waals surface area contributed by atoms with E-state index in [0.29, 0.717) is 17.9 Å². The minimum atomic E-state index is -5.04. The van der Waals surface area contributed by atoms with Gasteiger partial charge in [-0.2, -0.15) is 26.3 Å². The molecule has 0 fully saturated rings. The average Bonchev–Trinajstić information content (AvgIpc) is 3.29. The summed E-state index contributed by atoms with van der Waals surface area (Å²) in [6.45, 7) is -0.277. The number of aromatic nitrogens is 1. The van der Waals surface area contributed by atoms with Crippen molar-refractivity contribution in [2.45, 2.75) is 18.9 Å². The standard InChI is InChI=1S/C17H10F6N2O3/c18-16(19,20)10-4-9(5-11(6-10)17(21,22)23)15(26)24-8-12-7-14(28-25-12)13-2-1-3-27-13/h1-7H,8H2,(H,24,26). The number of carbonyl (C=O) groups is 1. The molecule has 0 aliphatic carbocycles. The van der Waals surface area contributed by atoms with Gasteiger partial charge in [0.05, 0.1) is 23.9 Å². The lowest BCUT2D eigenvalue weighted by atomic mass is 10.0. The SMILES string of the molecule is O=C(NCc1cc(-c2ccco2)on1)c1cc(C(F)(F)F)cc(C(F)(F)F)c1. The van der Waals surface area contributed by atoms with Crippen molar-refractivity contribution in [1.82, 2.24) is 10.5 Å². The minimum Gasteiger partial charge on any atom is -0.461 e. The van der Waals surface area contributed by atoms with Gasteiger partial charge in [0.15, 0.2) is 5.76 Å². The Bertz CT molecular complexity index is 941. The molecule has 1 N–H and O–H groups in total. The van der Waals surface area contributed by atoms with Gasteiger partial charge in [0.1, 0.15) is 5.69 Å². The number of benzene rings is 1. The normalized spacial score (nSPS) is 12.2. The number of nitrogens with zero attached hydrogens (tertiary/aromatic N) is 1. The van der Waals surface area contributed by atoms with Crippen molar-refractivity contribution in [1.29, 1.82) is 0 Å². The molecule has 0 saturated carbocycles. The maximum Gasteiger partial charge on any atom is 0.416 e. The first-order chi connectivity index (χ1) is 13.0. The molecule has 148 valence electrons. The van der Waals surface area contributed by atoms with Gasteiger partial charge < -0.3 is 14.3 Å². The van der Waals surface area contributed by atoms with Crippen LogP contribution in [0.4, 0.5) is 26.3 Å². The third-order valence-electron chi connectivity index (χ3n) is 3.60. The summed E-state index contributed by atoms with van der Waals surface area (Å²) in [6, 6.07) is 5.25. The average molecular weight is 404 g/mol. The molecule has 28 heavy (non-hydrogen) atoms. The lowest BCUT2D eigenvalue weighted by molar-refractivity contribution is -0.143. The number of alkyl halides is 6. The van der Waals surface area contributed by atoms with Crippen LogP contribution in [0.5, 0.6) is 0 Å². The van der Waals surface area contributed by atoms with Crippen LogP contribution in [-0.2, 0) is 18.9 Å². The highest BCUT2D eigenvalue weighted by atomic mass is 19.4. The predicted octanol–water partition coefficient (Wildman–Crippen LogP) is 4.90. The van der Waals surface area contributed by atoms with E-state index in [0.717, 1.165) is 0 Å². The zero-order valence-corrected chi connectivity index (χ0v) is 13.7. The van der Waals surface area contributed by atoms with Crippen LogP contribution in [0.3, 0.4) is 0 Å². The highest BCUT2D eigenvalue weighted by Crippen LogP contribution is 2.36. The first-order valence-corrected chi connectivity index (χ1v) is 7.61. The lowest BCUT2D eigenvalue weighted by Crippen LogP contribution is -2.24. The molecule has 1 amide bonds. The van der Waals surface area contributed by atoms with Crippen LogP contribution in [0.1, 0.15) is 27.2 Å². The second-order valence-electron chi connectivity index (χ2n) is 5.64. The molecular weight excluding hydrogens is 394 g/mol. The summed E-state index contributed by atoms with van der Waals surface area (Å²) in [7, 11) is 0. The number of rotatable bonds is 4. The number of nitrogens with one attached hydrogen (secondary N) is 1. The monoisotopic (exact) mass is 404 g/mol. The molecular formula is C17H10F6N2O3. The topological polar surface area (TPSA) is 68.3 Å². The van der Waals surface area contributed by atoms with E-state index in [4.69, 9.17) is 8.94 Å². The molecule has 0 saturated heterocycles. The van der Waals surface area contributed by atoms with Gasteiger partial charge in [0.2, 0.25) is 5.76 Å². The number of hydrogen-bond donors (Lipinski definition) is 1. The third kappa shape index (κ3) is 4.35. The Balaban J connectivity index is 1.78. The minimum absolute atomic E-state index is 0.0515. The molecule has 2 aromatic heterocycles. The summed E-state index contributed by atoms with van der Waals surface area (Å²) < 4.78 is 87.2. The maximum atomic E-state index is 12.9. The van der Waals surface area contributed by atoms with Gasteiger partial charge >= 0.3 is 12.4 Å². The molecule has 3 rings (SSSR count). The fourth-order valence-corrected chi connectivity index (χ4v) is 2.29. The highest BCUT2D eigenvalue weighted by Gasteiger charge is 2.37. The van der Waals surface area contributed by atoms with E-state index in [1.165, 1.54) is 12.3 Å². The Morgan fingerprint density at radius 2 is 1.61 bits per heavy atom. The quantitative estimate of drug-likeness (QED) is 0.628. The van der Waals surface area contributed by atoms with Crippen molar-refractivity contribution in [3.8, 4) is 11.5 Å². The number of carbonyl (C=O) groups excluding carboxylic acids is 1. The van der Waals surface area contributed by atoms with Crippen molar-refractivity contribution in [3.63, 3.8) is 0 Å². The van der Waals surface area contributed by atoms with Crippen LogP contribution in [0, 0.1) is 0 Å².